The number of hydrogen-bond acceptors (Lipinski definition) is 5. The summed E-state index contributed by atoms with van der Waals surface area (Å²) in [6.07, 6.45) is -3.69. The van der Waals surface area contributed by atoms with Crippen LogP contribution in [0.3, 0.4) is 0 Å². The Morgan fingerprint density at radius 1 is 1.03 bits per heavy atom. The van der Waals surface area contributed by atoms with Crippen LogP contribution >= 0.6 is 0 Å². The van der Waals surface area contributed by atoms with E-state index in [-0.39, 0.29) is 17.2 Å². The van der Waals surface area contributed by atoms with Crippen LogP contribution < -0.4 is 15.0 Å². The zero-order chi connectivity index (χ0) is 23.3. The molecule has 32 heavy (non-hydrogen) atoms. The zero-order valence-electron chi connectivity index (χ0n) is 17.1. The van der Waals surface area contributed by atoms with Gasteiger partial charge in [0.05, 0.1) is 5.56 Å². The zero-order valence-corrected chi connectivity index (χ0v) is 17.1. The number of anilines is 2. The average Bonchev–Trinajstić information content (AvgIpc) is 2.74. The van der Waals surface area contributed by atoms with Crippen LogP contribution in [0.1, 0.15) is 36.5 Å². The Hall–Kier alpha value is -3.56. The van der Waals surface area contributed by atoms with Gasteiger partial charge in [0.1, 0.15) is 5.75 Å². The number of piperidine rings is 1. The predicted octanol–water partition coefficient (Wildman–Crippen LogP) is 4.29. The molecule has 7 nitrogen and oxygen atoms in total. The summed E-state index contributed by atoms with van der Waals surface area (Å²) < 4.78 is 45.5. The third-order valence-electron chi connectivity index (χ3n) is 4.75. The summed E-state index contributed by atoms with van der Waals surface area (Å²) in [5.41, 5.74) is 1.12. The van der Waals surface area contributed by atoms with Gasteiger partial charge in [-0.1, -0.05) is 0 Å². The molecule has 1 aliphatic heterocycles. The van der Waals surface area contributed by atoms with E-state index in [0.717, 1.165) is 25.0 Å². The molecule has 2 aromatic rings. The maximum Gasteiger partial charge on any atom is 0.573 e. The number of benzene rings is 2. The standard InChI is InChI=1S/C22H21F3N2O5/c1-14(20(29)26-16-7-11-18(12-8-16)32-22(23,24)25)31-21(30)15-5-9-17(10-6-15)27-13-3-2-4-19(27)28/h5-12,14H,2-4,13H2,1H3,(H,26,29). The normalized spacial score (nSPS) is 15.1. The number of carbonyl (C=O) groups excluding carboxylic acids is 3. The van der Waals surface area contributed by atoms with Crippen molar-refractivity contribution in [2.75, 3.05) is 16.8 Å². The van der Waals surface area contributed by atoms with Crippen LogP contribution in [-0.2, 0) is 14.3 Å². The summed E-state index contributed by atoms with van der Waals surface area (Å²) in [5, 5.41) is 2.45. The molecule has 2 amide bonds. The predicted molar refractivity (Wildman–Crippen MR) is 109 cm³/mol. The topological polar surface area (TPSA) is 84.9 Å². The van der Waals surface area contributed by atoms with Gasteiger partial charge in [-0.15, -0.1) is 13.2 Å². The number of amides is 2. The number of ether oxygens (including phenoxy) is 2. The Bertz CT molecular complexity index is 975. The Morgan fingerprint density at radius 3 is 2.28 bits per heavy atom. The van der Waals surface area contributed by atoms with E-state index in [4.69, 9.17) is 4.74 Å². The smallest absolute Gasteiger partial charge is 0.449 e. The highest BCUT2D eigenvalue weighted by atomic mass is 19.4. The van der Waals surface area contributed by atoms with Gasteiger partial charge in [0.15, 0.2) is 6.10 Å². The molecule has 3 rings (SSSR count). The Morgan fingerprint density at radius 2 is 1.69 bits per heavy atom. The molecule has 0 aliphatic carbocycles. The van der Waals surface area contributed by atoms with Gasteiger partial charge >= 0.3 is 12.3 Å². The van der Waals surface area contributed by atoms with Crippen molar-refractivity contribution in [3.8, 4) is 5.75 Å². The Kier molecular flexibility index (Phi) is 7.01. The molecule has 1 fully saturated rings. The van der Waals surface area contributed by atoms with Crippen LogP contribution in [-0.4, -0.2) is 36.8 Å². The van der Waals surface area contributed by atoms with Gasteiger partial charge in [-0.2, -0.15) is 0 Å². The quantitative estimate of drug-likeness (QED) is 0.664. The van der Waals surface area contributed by atoms with Crippen LogP contribution in [0.25, 0.3) is 0 Å². The van der Waals surface area contributed by atoms with E-state index in [1.165, 1.54) is 31.2 Å². The number of nitrogens with zero attached hydrogens (tertiary/aromatic N) is 1. The first kappa shape index (κ1) is 23.1. The molecule has 0 spiro atoms. The molecule has 0 saturated carbocycles. The summed E-state index contributed by atoms with van der Waals surface area (Å²) in [6.45, 7) is 2.00. The van der Waals surface area contributed by atoms with Crippen LogP contribution in [0.4, 0.5) is 24.5 Å². The molecule has 10 heteroatoms. The van der Waals surface area contributed by atoms with Crippen molar-refractivity contribution in [2.45, 2.75) is 38.7 Å². The minimum Gasteiger partial charge on any atom is -0.449 e. The highest BCUT2D eigenvalue weighted by Crippen LogP contribution is 2.24. The van der Waals surface area contributed by atoms with E-state index in [1.807, 2.05) is 0 Å². The minimum absolute atomic E-state index is 0.0369. The molecule has 1 aliphatic rings. The summed E-state index contributed by atoms with van der Waals surface area (Å²) in [6, 6.07) is 10.9. The van der Waals surface area contributed by atoms with E-state index in [1.54, 1.807) is 17.0 Å². The van der Waals surface area contributed by atoms with Gasteiger partial charge < -0.3 is 19.7 Å². The van der Waals surface area contributed by atoms with Gasteiger partial charge in [0.2, 0.25) is 5.91 Å². The molecule has 1 atom stereocenters. The number of carbonyl (C=O) groups is 3. The van der Waals surface area contributed by atoms with Crippen molar-refractivity contribution in [3.63, 3.8) is 0 Å². The van der Waals surface area contributed by atoms with Gasteiger partial charge in [0, 0.05) is 24.3 Å². The van der Waals surface area contributed by atoms with Crippen LogP contribution in [0, 0.1) is 0 Å². The second kappa shape index (κ2) is 9.71. The van der Waals surface area contributed by atoms with Gasteiger partial charge in [0.25, 0.3) is 5.91 Å². The SMILES string of the molecule is CC(OC(=O)c1ccc(N2CCCCC2=O)cc1)C(=O)Nc1ccc(OC(F)(F)F)cc1. The molecule has 1 unspecified atom stereocenters. The molecule has 1 saturated heterocycles. The maximum absolute atomic E-state index is 12.3. The fraction of sp³-hybridized carbons (Fsp3) is 0.318. The van der Waals surface area contributed by atoms with Crippen LogP contribution in [0.15, 0.2) is 48.5 Å². The van der Waals surface area contributed by atoms with E-state index in [2.05, 4.69) is 10.1 Å². The number of hydrogen-bond donors (Lipinski definition) is 1. The van der Waals surface area contributed by atoms with Crippen molar-refractivity contribution >= 4 is 29.2 Å². The van der Waals surface area contributed by atoms with E-state index < -0.39 is 30.1 Å². The van der Waals surface area contributed by atoms with E-state index in [0.29, 0.717) is 18.7 Å². The largest absolute Gasteiger partial charge is 0.573 e. The van der Waals surface area contributed by atoms with Crippen LogP contribution in [0.5, 0.6) is 5.75 Å². The summed E-state index contributed by atoms with van der Waals surface area (Å²) in [5.74, 6) is -1.77. The molecule has 1 heterocycles. The Balaban J connectivity index is 1.54. The fourth-order valence-corrected chi connectivity index (χ4v) is 3.12. The summed E-state index contributed by atoms with van der Waals surface area (Å²) in [4.78, 5) is 38.2. The lowest BCUT2D eigenvalue weighted by Gasteiger charge is -2.26. The lowest BCUT2D eigenvalue weighted by molar-refractivity contribution is -0.274. The maximum atomic E-state index is 12.3. The average molecular weight is 450 g/mol. The first-order valence-electron chi connectivity index (χ1n) is 9.90. The van der Waals surface area contributed by atoms with Crippen molar-refractivity contribution in [3.05, 3.63) is 54.1 Å². The van der Waals surface area contributed by atoms with Crippen molar-refractivity contribution in [2.24, 2.45) is 0 Å². The van der Waals surface area contributed by atoms with Gasteiger partial charge in [-0.3, -0.25) is 9.59 Å². The fourth-order valence-electron chi connectivity index (χ4n) is 3.12. The molecule has 2 aromatic carbocycles. The molecule has 0 radical (unpaired) electrons. The number of nitrogens with one attached hydrogen (secondary N) is 1. The molecule has 0 aromatic heterocycles. The monoisotopic (exact) mass is 450 g/mol. The second-order valence-corrected chi connectivity index (χ2v) is 7.16. The number of rotatable bonds is 6. The molecular weight excluding hydrogens is 429 g/mol. The summed E-state index contributed by atoms with van der Waals surface area (Å²) in [7, 11) is 0. The highest BCUT2D eigenvalue weighted by Gasteiger charge is 2.31. The summed E-state index contributed by atoms with van der Waals surface area (Å²) >= 11 is 0. The number of halogens is 3. The van der Waals surface area contributed by atoms with E-state index >= 15 is 0 Å². The lowest BCUT2D eigenvalue weighted by Crippen LogP contribution is -2.35. The number of esters is 1. The van der Waals surface area contributed by atoms with Gasteiger partial charge in [-0.25, -0.2) is 4.79 Å². The first-order valence-corrected chi connectivity index (χ1v) is 9.90. The third kappa shape index (κ3) is 6.22. The van der Waals surface area contributed by atoms with Gasteiger partial charge in [-0.05, 0) is 68.3 Å². The molecular formula is C22H21F3N2O5. The minimum atomic E-state index is -4.81. The molecule has 0 bridgehead atoms. The molecule has 170 valence electrons. The highest BCUT2D eigenvalue weighted by molar-refractivity contribution is 5.98. The first-order chi connectivity index (χ1) is 15.1. The van der Waals surface area contributed by atoms with Crippen molar-refractivity contribution < 1.29 is 37.0 Å². The number of alkyl halides is 3. The molecule has 1 N–H and O–H groups in total. The van der Waals surface area contributed by atoms with Crippen molar-refractivity contribution in [1.82, 2.24) is 0 Å². The van der Waals surface area contributed by atoms with E-state index in [9.17, 15) is 27.6 Å². The van der Waals surface area contributed by atoms with Crippen LogP contribution in [0.2, 0.25) is 0 Å². The third-order valence-corrected chi connectivity index (χ3v) is 4.75. The van der Waals surface area contributed by atoms with Crippen molar-refractivity contribution in [1.29, 1.82) is 0 Å². The second-order valence-electron chi connectivity index (χ2n) is 7.16. The lowest BCUT2D eigenvalue weighted by atomic mass is 10.1. The Labute approximate surface area is 182 Å².